The molecule has 0 spiro atoms. The molecule has 1 aromatic rings. The van der Waals surface area contributed by atoms with Gasteiger partial charge in [0.1, 0.15) is 5.82 Å². The molecule has 0 saturated heterocycles. The number of hydrogen-bond acceptors (Lipinski definition) is 2. The molecule has 0 saturated carbocycles. The maximum Gasteiger partial charge on any atom is 0.181 e. The first kappa shape index (κ1) is 9.47. The van der Waals surface area contributed by atoms with Gasteiger partial charge in [-0.05, 0) is 25.2 Å². The molecule has 0 fully saturated rings. The van der Waals surface area contributed by atoms with Crippen LogP contribution < -0.4 is 4.57 Å². The Balaban J connectivity index is 2.48. The number of rotatable bonds is 4. The van der Waals surface area contributed by atoms with Crippen molar-refractivity contribution in [1.29, 1.82) is 0 Å². The van der Waals surface area contributed by atoms with E-state index in [1.54, 1.807) is 0 Å². The SMILES string of the molecule is CN([Si]CC[Si])c1ccccn1. The first-order valence-electron chi connectivity index (χ1n) is 3.87. The van der Waals surface area contributed by atoms with Crippen LogP contribution in [0.15, 0.2) is 24.4 Å². The summed E-state index contributed by atoms with van der Waals surface area (Å²) >= 11 is 0. The highest BCUT2D eigenvalue weighted by Crippen LogP contribution is 2.05. The predicted octanol–water partition coefficient (Wildman–Crippen LogP) is 1.14. The molecule has 4 heteroatoms. The summed E-state index contributed by atoms with van der Waals surface area (Å²) in [4.78, 5) is 4.25. The van der Waals surface area contributed by atoms with Crippen LogP contribution in [0.5, 0.6) is 0 Å². The average Bonchev–Trinajstić information content (AvgIpc) is 2.15. The number of hydrogen-bond donors (Lipinski definition) is 0. The summed E-state index contributed by atoms with van der Waals surface area (Å²) in [5.74, 6) is 1.05. The Morgan fingerprint density at radius 1 is 1.58 bits per heavy atom. The molecule has 0 N–H and O–H groups in total. The minimum Gasteiger partial charge on any atom is -0.386 e. The Bertz CT molecular complexity index is 216. The Hall–Kier alpha value is -0.616. The molecule has 61 valence electrons. The van der Waals surface area contributed by atoms with Gasteiger partial charge < -0.3 is 4.57 Å². The molecule has 1 heterocycles. The quantitative estimate of drug-likeness (QED) is 0.664. The van der Waals surface area contributed by atoms with Crippen LogP contribution in [-0.2, 0) is 0 Å². The van der Waals surface area contributed by atoms with Gasteiger partial charge >= 0.3 is 0 Å². The smallest absolute Gasteiger partial charge is 0.181 e. The van der Waals surface area contributed by atoms with Gasteiger partial charge in [0.2, 0.25) is 0 Å². The van der Waals surface area contributed by atoms with Gasteiger partial charge in [-0.3, -0.25) is 0 Å². The summed E-state index contributed by atoms with van der Waals surface area (Å²) < 4.78 is 2.18. The van der Waals surface area contributed by atoms with Crippen molar-refractivity contribution in [3.05, 3.63) is 24.4 Å². The third kappa shape index (κ3) is 2.79. The summed E-state index contributed by atoms with van der Waals surface area (Å²) in [5.41, 5.74) is 0. The van der Waals surface area contributed by atoms with E-state index in [0.717, 1.165) is 21.5 Å². The molecule has 1 aromatic heterocycles. The number of pyridine rings is 1. The topological polar surface area (TPSA) is 16.1 Å². The summed E-state index contributed by atoms with van der Waals surface area (Å²) in [6.07, 6.45) is 1.82. The molecule has 0 aromatic carbocycles. The second kappa shape index (κ2) is 5.10. The van der Waals surface area contributed by atoms with Crippen molar-refractivity contribution < 1.29 is 0 Å². The minimum absolute atomic E-state index is 0.806. The number of anilines is 1. The first-order valence-corrected chi connectivity index (χ1v) is 5.73. The molecule has 0 aliphatic heterocycles. The van der Waals surface area contributed by atoms with E-state index in [0.29, 0.717) is 0 Å². The fourth-order valence-corrected chi connectivity index (χ4v) is 1.93. The van der Waals surface area contributed by atoms with Crippen molar-refractivity contribution in [3.8, 4) is 0 Å². The molecule has 0 amide bonds. The highest BCUT2D eigenvalue weighted by Gasteiger charge is 2.00. The van der Waals surface area contributed by atoms with Crippen LogP contribution in [0, 0.1) is 0 Å². The highest BCUT2D eigenvalue weighted by molar-refractivity contribution is 6.42. The van der Waals surface area contributed by atoms with E-state index in [9.17, 15) is 0 Å². The third-order valence-corrected chi connectivity index (χ3v) is 3.39. The van der Waals surface area contributed by atoms with Gasteiger partial charge in [0.05, 0.1) is 0 Å². The van der Waals surface area contributed by atoms with Crippen LogP contribution in [0.1, 0.15) is 0 Å². The summed E-state index contributed by atoms with van der Waals surface area (Å²) in [7, 11) is 6.33. The van der Waals surface area contributed by atoms with Gasteiger partial charge in [-0.2, -0.15) is 0 Å². The Labute approximate surface area is 79.3 Å². The normalized spacial score (nSPS) is 9.83. The lowest BCUT2D eigenvalue weighted by molar-refractivity contribution is 1.18. The summed E-state index contributed by atoms with van der Waals surface area (Å²) in [6, 6.07) is 8.20. The fraction of sp³-hybridized carbons (Fsp3) is 0.375. The van der Waals surface area contributed by atoms with E-state index in [1.807, 2.05) is 24.4 Å². The summed E-state index contributed by atoms with van der Waals surface area (Å²) in [5, 5.41) is 0. The average molecular weight is 191 g/mol. The highest BCUT2D eigenvalue weighted by atomic mass is 28.2. The van der Waals surface area contributed by atoms with Gasteiger partial charge in [0, 0.05) is 16.4 Å². The molecule has 0 atom stereocenters. The van der Waals surface area contributed by atoms with Crippen LogP contribution in [-0.4, -0.2) is 32.0 Å². The van der Waals surface area contributed by atoms with Crippen molar-refractivity contribution in [2.24, 2.45) is 0 Å². The maximum absolute atomic E-state index is 4.25. The molecule has 0 unspecified atom stereocenters. The van der Waals surface area contributed by atoms with E-state index >= 15 is 0 Å². The molecule has 5 radical (unpaired) electrons. The Kier molecular flexibility index (Phi) is 4.03. The summed E-state index contributed by atoms with van der Waals surface area (Å²) in [6.45, 7) is 0. The van der Waals surface area contributed by atoms with Gasteiger partial charge in [0.15, 0.2) is 9.68 Å². The van der Waals surface area contributed by atoms with Gasteiger partial charge in [0.25, 0.3) is 0 Å². The largest absolute Gasteiger partial charge is 0.386 e. The first-order chi connectivity index (χ1) is 5.84. The van der Waals surface area contributed by atoms with Crippen LogP contribution in [0.25, 0.3) is 0 Å². The van der Waals surface area contributed by atoms with Crippen LogP contribution >= 0.6 is 0 Å². The molecular weight excluding hydrogens is 180 g/mol. The Morgan fingerprint density at radius 2 is 2.42 bits per heavy atom. The molecule has 0 aliphatic carbocycles. The van der Waals surface area contributed by atoms with Crippen LogP contribution in [0.2, 0.25) is 12.1 Å². The number of aromatic nitrogens is 1. The zero-order valence-electron chi connectivity index (χ0n) is 7.12. The molecular formula is C8H11N2Si2. The van der Waals surface area contributed by atoms with Crippen LogP contribution in [0.3, 0.4) is 0 Å². The lowest BCUT2D eigenvalue weighted by Crippen LogP contribution is -2.22. The molecule has 0 aliphatic rings. The van der Waals surface area contributed by atoms with Crippen molar-refractivity contribution in [2.45, 2.75) is 12.1 Å². The standard InChI is InChI=1S/C8H11N2Si2/c1-10(12-7-6-11)8-4-2-3-5-9-8/h2-5H,6-7H2,1H3. The second-order valence-electron chi connectivity index (χ2n) is 2.41. The Morgan fingerprint density at radius 3 is 3.00 bits per heavy atom. The van der Waals surface area contributed by atoms with Crippen molar-refractivity contribution >= 4 is 25.7 Å². The lowest BCUT2D eigenvalue weighted by atomic mass is 10.5. The van der Waals surface area contributed by atoms with Crippen molar-refractivity contribution in [3.63, 3.8) is 0 Å². The van der Waals surface area contributed by atoms with Gasteiger partial charge in [-0.1, -0.05) is 12.1 Å². The lowest BCUT2D eigenvalue weighted by Gasteiger charge is -2.15. The second-order valence-corrected chi connectivity index (χ2v) is 4.39. The fourth-order valence-electron chi connectivity index (χ4n) is 0.857. The molecule has 12 heavy (non-hydrogen) atoms. The van der Waals surface area contributed by atoms with E-state index in [2.05, 4.69) is 26.8 Å². The van der Waals surface area contributed by atoms with Gasteiger partial charge in [-0.25, -0.2) is 4.98 Å². The van der Waals surface area contributed by atoms with Crippen molar-refractivity contribution in [2.75, 3.05) is 11.6 Å². The zero-order chi connectivity index (χ0) is 8.81. The maximum atomic E-state index is 4.25. The van der Waals surface area contributed by atoms with E-state index in [4.69, 9.17) is 0 Å². The van der Waals surface area contributed by atoms with E-state index < -0.39 is 0 Å². The number of nitrogens with zero attached hydrogens (tertiary/aromatic N) is 2. The van der Waals surface area contributed by atoms with Crippen molar-refractivity contribution in [1.82, 2.24) is 4.98 Å². The monoisotopic (exact) mass is 191 g/mol. The molecule has 2 nitrogen and oxygen atoms in total. The minimum atomic E-state index is 0.806. The molecule has 0 bridgehead atoms. The zero-order valence-corrected chi connectivity index (χ0v) is 9.12. The third-order valence-electron chi connectivity index (χ3n) is 1.47. The van der Waals surface area contributed by atoms with E-state index in [1.165, 1.54) is 6.04 Å². The molecule has 1 rings (SSSR count). The van der Waals surface area contributed by atoms with E-state index in [-0.39, 0.29) is 0 Å². The van der Waals surface area contributed by atoms with Gasteiger partial charge in [-0.15, -0.1) is 0 Å². The predicted molar refractivity (Wildman–Crippen MR) is 53.8 cm³/mol. The van der Waals surface area contributed by atoms with Crippen LogP contribution in [0.4, 0.5) is 5.82 Å².